The van der Waals surface area contributed by atoms with E-state index in [0.717, 1.165) is 11.1 Å². The second-order valence-electron chi connectivity index (χ2n) is 4.96. The summed E-state index contributed by atoms with van der Waals surface area (Å²) in [5.74, 6) is 0.240. The number of rotatable bonds is 3. The number of aromatic hydroxyl groups is 2. The smallest absolute Gasteiger partial charge is 0.256 e. The number of pyridine rings is 1. The number of nitrogens with zero attached hydrogens (tertiary/aromatic N) is 1. The van der Waals surface area contributed by atoms with E-state index in [2.05, 4.69) is 0 Å². The van der Waals surface area contributed by atoms with Crippen molar-refractivity contribution in [3.05, 3.63) is 84.2 Å². The summed E-state index contributed by atoms with van der Waals surface area (Å²) in [5, 5.41) is 19.4. The van der Waals surface area contributed by atoms with Crippen LogP contribution in [0.1, 0.15) is 11.1 Å². The first kappa shape index (κ1) is 13.9. The van der Waals surface area contributed by atoms with Crippen molar-refractivity contribution < 1.29 is 14.8 Å². The van der Waals surface area contributed by atoms with Crippen LogP contribution in [0.2, 0.25) is 0 Å². The molecule has 3 aromatic rings. The number of phenols is 2. The minimum atomic E-state index is 0.119. The summed E-state index contributed by atoms with van der Waals surface area (Å²) in [6.07, 6.45) is 7.77. The van der Waals surface area contributed by atoms with Gasteiger partial charge in [-0.1, -0.05) is 42.5 Å². The molecular weight excluding hydrogens is 274 g/mol. The lowest BCUT2D eigenvalue weighted by Crippen LogP contribution is -2.29. The van der Waals surface area contributed by atoms with Crippen molar-refractivity contribution in [3.63, 3.8) is 0 Å². The normalized spacial score (nSPS) is 10.9. The highest BCUT2D eigenvalue weighted by Gasteiger charge is 2.12. The molecule has 0 aliphatic heterocycles. The van der Waals surface area contributed by atoms with Gasteiger partial charge in [0.1, 0.15) is 5.75 Å². The van der Waals surface area contributed by atoms with Crippen LogP contribution in [0.25, 0.3) is 17.8 Å². The average Bonchev–Trinajstić information content (AvgIpc) is 2.57. The highest BCUT2D eigenvalue weighted by molar-refractivity contribution is 5.69. The molecular formula is C19H16NO2+. The number of aromatic nitrogens is 1. The Kier molecular flexibility index (Phi) is 3.88. The molecule has 3 nitrogen and oxygen atoms in total. The van der Waals surface area contributed by atoms with Crippen molar-refractivity contribution in [2.45, 2.75) is 0 Å². The van der Waals surface area contributed by atoms with E-state index in [1.807, 2.05) is 67.0 Å². The predicted molar refractivity (Wildman–Crippen MR) is 86.7 cm³/mol. The molecule has 0 bridgehead atoms. The SMILES string of the molecule is Oc1ccc(O)c(-[n+]2ccc(/C=C/c3ccccc3)cc2)c1. The zero-order valence-electron chi connectivity index (χ0n) is 11.9. The lowest BCUT2D eigenvalue weighted by molar-refractivity contribution is -0.596. The number of benzene rings is 2. The molecule has 3 heteroatoms. The summed E-state index contributed by atoms with van der Waals surface area (Å²) in [6, 6.07) is 18.4. The van der Waals surface area contributed by atoms with Gasteiger partial charge in [0.2, 0.25) is 0 Å². The van der Waals surface area contributed by atoms with Crippen molar-refractivity contribution in [1.29, 1.82) is 0 Å². The van der Waals surface area contributed by atoms with E-state index in [1.165, 1.54) is 18.2 Å². The molecule has 0 saturated heterocycles. The van der Waals surface area contributed by atoms with Crippen LogP contribution in [0.4, 0.5) is 0 Å². The van der Waals surface area contributed by atoms with Crippen LogP contribution < -0.4 is 4.57 Å². The largest absolute Gasteiger partial charge is 0.508 e. The van der Waals surface area contributed by atoms with Gasteiger partial charge in [0.05, 0.1) is 6.07 Å². The quantitative estimate of drug-likeness (QED) is 0.572. The van der Waals surface area contributed by atoms with Crippen LogP contribution >= 0.6 is 0 Å². The van der Waals surface area contributed by atoms with Gasteiger partial charge in [0.15, 0.2) is 18.1 Å². The molecule has 108 valence electrons. The third-order valence-electron chi connectivity index (χ3n) is 3.36. The Balaban J connectivity index is 1.84. The van der Waals surface area contributed by atoms with Gasteiger partial charge < -0.3 is 10.2 Å². The molecule has 0 aliphatic carbocycles. The summed E-state index contributed by atoms with van der Waals surface area (Å²) in [5.41, 5.74) is 2.74. The summed E-state index contributed by atoms with van der Waals surface area (Å²) < 4.78 is 1.76. The highest BCUT2D eigenvalue weighted by Crippen LogP contribution is 2.21. The molecule has 3 rings (SSSR count). The zero-order chi connectivity index (χ0) is 15.4. The minimum absolute atomic E-state index is 0.119. The van der Waals surface area contributed by atoms with Crippen LogP contribution in [0.3, 0.4) is 0 Å². The third kappa shape index (κ3) is 3.15. The van der Waals surface area contributed by atoms with Crippen LogP contribution in [-0.4, -0.2) is 10.2 Å². The molecule has 0 atom stereocenters. The Morgan fingerprint density at radius 3 is 2.05 bits per heavy atom. The van der Waals surface area contributed by atoms with Crippen LogP contribution in [-0.2, 0) is 0 Å². The Morgan fingerprint density at radius 2 is 1.36 bits per heavy atom. The monoisotopic (exact) mass is 290 g/mol. The molecule has 0 radical (unpaired) electrons. The number of hydrogen-bond donors (Lipinski definition) is 2. The summed E-state index contributed by atoms with van der Waals surface area (Å²) in [4.78, 5) is 0. The van der Waals surface area contributed by atoms with E-state index in [-0.39, 0.29) is 11.5 Å². The molecule has 0 saturated carbocycles. The van der Waals surface area contributed by atoms with Crippen LogP contribution in [0.15, 0.2) is 73.1 Å². The highest BCUT2D eigenvalue weighted by atomic mass is 16.3. The molecule has 0 spiro atoms. The fourth-order valence-electron chi connectivity index (χ4n) is 2.18. The van der Waals surface area contributed by atoms with Gasteiger partial charge in [0.25, 0.3) is 5.69 Å². The van der Waals surface area contributed by atoms with Crippen molar-refractivity contribution in [2.75, 3.05) is 0 Å². The second-order valence-corrected chi connectivity index (χ2v) is 4.96. The lowest BCUT2D eigenvalue weighted by atomic mass is 10.1. The third-order valence-corrected chi connectivity index (χ3v) is 3.36. The Morgan fingerprint density at radius 1 is 0.727 bits per heavy atom. The maximum atomic E-state index is 9.86. The van der Waals surface area contributed by atoms with Crippen molar-refractivity contribution in [1.82, 2.24) is 0 Å². The molecule has 0 amide bonds. The molecule has 0 fully saturated rings. The molecule has 0 unspecified atom stereocenters. The molecule has 1 aromatic heterocycles. The topological polar surface area (TPSA) is 44.3 Å². The first-order valence-electron chi connectivity index (χ1n) is 6.99. The lowest BCUT2D eigenvalue weighted by Gasteiger charge is -2.00. The number of hydrogen-bond acceptors (Lipinski definition) is 2. The van der Waals surface area contributed by atoms with Gasteiger partial charge in [-0.25, -0.2) is 0 Å². The predicted octanol–water partition coefficient (Wildman–Crippen LogP) is 3.54. The van der Waals surface area contributed by atoms with E-state index >= 15 is 0 Å². The van der Waals surface area contributed by atoms with Crippen LogP contribution in [0, 0.1) is 0 Å². The molecule has 2 N–H and O–H groups in total. The van der Waals surface area contributed by atoms with Crippen molar-refractivity contribution in [2.24, 2.45) is 0 Å². The van der Waals surface area contributed by atoms with Gasteiger partial charge in [-0.05, 0) is 23.3 Å². The summed E-state index contributed by atoms with van der Waals surface area (Å²) >= 11 is 0. The van der Waals surface area contributed by atoms with E-state index < -0.39 is 0 Å². The Hall–Kier alpha value is -3.07. The van der Waals surface area contributed by atoms with E-state index in [4.69, 9.17) is 0 Å². The Bertz CT molecular complexity index is 793. The van der Waals surface area contributed by atoms with E-state index in [1.54, 1.807) is 4.57 Å². The first-order valence-corrected chi connectivity index (χ1v) is 6.99. The summed E-state index contributed by atoms with van der Waals surface area (Å²) in [6.45, 7) is 0. The molecule has 22 heavy (non-hydrogen) atoms. The fraction of sp³-hybridized carbons (Fsp3) is 0. The second kappa shape index (κ2) is 6.14. The van der Waals surface area contributed by atoms with Crippen molar-refractivity contribution >= 4 is 12.2 Å². The average molecular weight is 290 g/mol. The standard InChI is InChI=1S/C19H15NO2/c21-17-8-9-19(22)18(14-17)20-12-10-16(11-13-20)7-6-15-4-2-1-3-5-15/h1-14H,(H-,21,22)/p+1/b7-6+. The minimum Gasteiger partial charge on any atom is -0.508 e. The maximum Gasteiger partial charge on any atom is 0.256 e. The maximum absolute atomic E-state index is 9.86. The molecule has 2 aromatic carbocycles. The van der Waals surface area contributed by atoms with E-state index in [9.17, 15) is 10.2 Å². The van der Waals surface area contributed by atoms with Gasteiger partial charge in [-0.15, -0.1) is 0 Å². The van der Waals surface area contributed by atoms with Crippen molar-refractivity contribution in [3.8, 4) is 17.2 Å². The van der Waals surface area contributed by atoms with Gasteiger partial charge in [0, 0.05) is 12.1 Å². The van der Waals surface area contributed by atoms with Gasteiger partial charge >= 0.3 is 0 Å². The summed E-state index contributed by atoms with van der Waals surface area (Å²) in [7, 11) is 0. The fourth-order valence-corrected chi connectivity index (χ4v) is 2.18. The first-order chi connectivity index (χ1) is 10.7. The zero-order valence-corrected chi connectivity index (χ0v) is 11.9. The molecule has 0 aliphatic rings. The van der Waals surface area contributed by atoms with E-state index in [0.29, 0.717) is 5.69 Å². The molecule has 1 heterocycles. The van der Waals surface area contributed by atoms with Crippen LogP contribution in [0.5, 0.6) is 11.5 Å². The Labute approximate surface area is 129 Å². The van der Waals surface area contributed by atoms with Gasteiger partial charge in [-0.3, -0.25) is 0 Å². The van der Waals surface area contributed by atoms with Gasteiger partial charge in [-0.2, -0.15) is 4.57 Å². The number of phenolic OH excluding ortho intramolecular Hbond substituents is 2.